The maximum Gasteiger partial charge on any atom is 0.255 e. The first-order valence-electron chi connectivity index (χ1n) is 11.4. The topological polar surface area (TPSA) is 71.8 Å². The number of rotatable bonds is 6. The van der Waals surface area contributed by atoms with Crippen LogP contribution in [0.15, 0.2) is 76.4 Å². The van der Waals surface area contributed by atoms with Gasteiger partial charge in [-0.05, 0) is 61.9 Å². The summed E-state index contributed by atoms with van der Waals surface area (Å²) in [6.45, 7) is 8.15. The van der Waals surface area contributed by atoms with Crippen LogP contribution in [0.25, 0.3) is 0 Å². The van der Waals surface area contributed by atoms with Crippen molar-refractivity contribution in [2.75, 3.05) is 10.6 Å². The van der Waals surface area contributed by atoms with E-state index in [9.17, 15) is 4.79 Å². The lowest BCUT2D eigenvalue weighted by Crippen LogP contribution is -2.31. The van der Waals surface area contributed by atoms with E-state index in [0.29, 0.717) is 16.7 Å². The van der Waals surface area contributed by atoms with Crippen molar-refractivity contribution in [1.29, 1.82) is 0 Å². The van der Waals surface area contributed by atoms with Crippen molar-refractivity contribution in [2.24, 2.45) is 0 Å². The van der Waals surface area contributed by atoms with Crippen LogP contribution in [0, 0.1) is 20.8 Å². The SMILES string of the molecule is CC1=C(C(=O)Nc2ccccc2C)C(c2cccs2)n2nc(SCc3cc(C)ccc3C)nc2N1. The van der Waals surface area contributed by atoms with Crippen molar-refractivity contribution in [3.8, 4) is 0 Å². The summed E-state index contributed by atoms with van der Waals surface area (Å²) in [4.78, 5) is 19.4. The van der Waals surface area contributed by atoms with Crippen molar-refractivity contribution in [3.05, 3.63) is 98.4 Å². The molecule has 0 saturated heterocycles. The van der Waals surface area contributed by atoms with E-state index in [1.54, 1.807) is 23.1 Å². The van der Waals surface area contributed by atoms with Crippen molar-refractivity contribution in [3.63, 3.8) is 0 Å². The third-order valence-corrected chi connectivity index (χ3v) is 7.96. The van der Waals surface area contributed by atoms with Crippen LogP contribution in [-0.4, -0.2) is 20.7 Å². The predicted molar refractivity (Wildman–Crippen MR) is 144 cm³/mol. The fourth-order valence-electron chi connectivity index (χ4n) is 4.20. The number of aromatic nitrogens is 3. The third-order valence-electron chi connectivity index (χ3n) is 6.15. The summed E-state index contributed by atoms with van der Waals surface area (Å²) in [7, 11) is 0. The second kappa shape index (κ2) is 9.71. The molecule has 1 unspecified atom stereocenters. The van der Waals surface area contributed by atoms with Crippen molar-refractivity contribution in [2.45, 2.75) is 44.6 Å². The average Bonchev–Trinajstić information content (AvgIpc) is 3.50. The number of allylic oxidation sites excluding steroid dienone is 1. The molecule has 1 amide bonds. The van der Waals surface area contributed by atoms with Gasteiger partial charge in [0.25, 0.3) is 5.91 Å². The quantitative estimate of drug-likeness (QED) is 0.296. The molecule has 0 aliphatic carbocycles. The molecule has 0 bridgehead atoms. The number of benzene rings is 2. The number of carbonyl (C=O) groups excluding carboxylic acids is 1. The second-order valence-electron chi connectivity index (χ2n) is 8.73. The monoisotopic (exact) mass is 501 g/mol. The summed E-state index contributed by atoms with van der Waals surface area (Å²) >= 11 is 3.22. The van der Waals surface area contributed by atoms with Gasteiger partial charge in [0.15, 0.2) is 0 Å². The first-order chi connectivity index (χ1) is 16.9. The molecule has 2 aromatic heterocycles. The number of fused-ring (bicyclic) bond motifs is 1. The van der Waals surface area contributed by atoms with Crippen molar-refractivity contribution in [1.82, 2.24) is 14.8 Å². The lowest BCUT2D eigenvalue weighted by Gasteiger charge is -2.27. The molecule has 6 nitrogen and oxygen atoms in total. The van der Waals surface area contributed by atoms with Gasteiger partial charge in [0.2, 0.25) is 11.1 Å². The number of carbonyl (C=O) groups is 1. The minimum atomic E-state index is -0.349. The largest absolute Gasteiger partial charge is 0.328 e. The minimum Gasteiger partial charge on any atom is -0.328 e. The number of nitrogens with zero attached hydrogens (tertiary/aromatic N) is 3. The van der Waals surface area contributed by atoms with Crippen LogP contribution in [0.1, 0.15) is 40.1 Å². The zero-order valence-corrected chi connectivity index (χ0v) is 21.8. The number of hydrogen-bond donors (Lipinski definition) is 2. The smallest absolute Gasteiger partial charge is 0.255 e. The fourth-order valence-corrected chi connectivity index (χ4v) is 5.91. The summed E-state index contributed by atoms with van der Waals surface area (Å²) in [5.41, 5.74) is 7.01. The zero-order valence-electron chi connectivity index (χ0n) is 20.1. The molecule has 1 aliphatic heterocycles. The van der Waals surface area contributed by atoms with Crippen LogP contribution in [0.5, 0.6) is 0 Å². The highest BCUT2D eigenvalue weighted by Crippen LogP contribution is 2.39. The van der Waals surface area contributed by atoms with Crippen molar-refractivity contribution >= 4 is 40.6 Å². The van der Waals surface area contributed by atoms with E-state index < -0.39 is 0 Å². The Balaban J connectivity index is 1.46. The average molecular weight is 502 g/mol. The molecule has 2 N–H and O–H groups in total. The van der Waals surface area contributed by atoms with Crippen molar-refractivity contribution < 1.29 is 4.79 Å². The summed E-state index contributed by atoms with van der Waals surface area (Å²) < 4.78 is 1.84. The van der Waals surface area contributed by atoms with Crippen LogP contribution < -0.4 is 10.6 Å². The Labute approximate surface area is 213 Å². The molecule has 2 aromatic carbocycles. The molecule has 0 fully saturated rings. The summed E-state index contributed by atoms with van der Waals surface area (Å²) in [6, 6.07) is 18.0. The van der Waals surface area contributed by atoms with Crippen LogP contribution in [0.4, 0.5) is 11.6 Å². The maximum atomic E-state index is 13.6. The number of thioether (sulfide) groups is 1. The molecule has 4 aromatic rings. The van der Waals surface area contributed by atoms with Gasteiger partial charge in [-0.3, -0.25) is 4.79 Å². The van der Waals surface area contributed by atoms with Gasteiger partial charge >= 0.3 is 0 Å². The Kier molecular flexibility index (Phi) is 6.49. The van der Waals surface area contributed by atoms with Gasteiger partial charge in [-0.15, -0.1) is 16.4 Å². The number of thiophene rings is 1. The first-order valence-corrected chi connectivity index (χ1v) is 13.3. The molecule has 3 heterocycles. The summed E-state index contributed by atoms with van der Waals surface area (Å²) in [5.74, 6) is 1.29. The maximum absolute atomic E-state index is 13.6. The van der Waals surface area contributed by atoms with E-state index >= 15 is 0 Å². The first kappa shape index (κ1) is 23.4. The van der Waals surface area contributed by atoms with E-state index in [-0.39, 0.29) is 11.9 Å². The van der Waals surface area contributed by atoms with Crippen LogP contribution >= 0.6 is 23.1 Å². The zero-order chi connectivity index (χ0) is 24.5. The molecule has 35 heavy (non-hydrogen) atoms. The molecular weight excluding hydrogens is 474 g/mol. The summed E-state index contributed by atoms with van der Waals surface area (Å²) in [6.07, 6.45) is 0. The highest BCUT2D eigenvalue weighted by Gasteiger charge is 2.35. The normalized spacial score (nSPS) is 15.0. The number of amides is 1. The summed E-state index contributed by atoms with van der Waals surface area (Å²) in [5, 5.41) is 14.0. The molecular formula is C27H27N5OS2. The number of nitrogens with one attached hydrogen (secondary N) is 2. The predicted octanol–water partition coefficient (Wildman–Crippen LogP) is 6.48. The fraction of sp³-hybridized carbons (Fsp3) is 0.222. The Bertz CT molecular complexity index is 1420. The lowest BCUT2D eigenvalue weighted by atomic mass is 10.0. The molecule has 0 spiro atoms. The number of aryl methyl sites for hydroxylation is 3. The molecule has 1 atom stereocenters. The Morgan fingerprint density at radius 3 is 2.69 bits per heavy atom. The molecule has 8 heteroatoms. The number of hydrogen-bond acceptors (Lipinski definition) is 6. The van der Waals surface area contributed by atoms with E-state index in [1.807, 2.05) is 60.3 Å². The van der Waals surface area contributed by atoms with E-state index in [4.69, 9.17) is 10.1 Å². The number of para-hydroxylation sites is 1. The van der Waals surface area contributed by atoms with Crippen LogP contribution in [-0.2, 0) is 10.5 Å². The highest BCUT2D eigenvalue weighted by atomic mass is 32.2. The van der Waals surface area contributed by atoms with E-state index in [0.717, 1.165) is 27.6 Å². The number of anilines is 2. The van der Waals surface area contributed by atoms with Crippen LogP contribution in [0.2, 0.25) is 0 Å². The van der Waals surface area contributed by atoms with Gasteiger partial charge in [-0.1, -0.05) is 59.8 Å². The van der Waals surface area contributed by atoms with E-state index in [1.165, 1.54) is 16.7 Å². The van der Waals surface area contributed by atoms with Gasteiger partial charge in [0, 0.05) is 22.0 Å². The standard InChI is InChI=1S/C27H27N5OS2/c1-16-11-12-17(2)20(14-16)15-35-27-30-26-28-19(4)23(24(32(26)31-27)22-10-7-13-34-22)25(33)29-21-9-6-5-8-18(21)3/h5-14,24H,15H2,1-4H3,(H,29,33)(H,28,30,31). The Morgan fingerprint density at radius 2 is 1.91 bits per heavy atom. The second-order valence-corrected chi connectivity index (χ2v) is 10.7. The lowest BCUT2D eigenvalue weighted by molar-refractivity contribution is -0.113. The Morgan fingerprint density at radius 1 is 1.09 bits per heavy atom. The third kappa shape index (κ3) is 4.76. The molecule has 5 rings (SSSR count). The van der Waals surface area contributed by atoms with E-state index in [2.05, 4.69) is 42.7 Å². The molecule has 178 valence electrons. The Hall–Kier alpha value is -3.36. The minimum absolute atomic E-state index is 0.145. The van der Waals surface area contributed by atoms with Gasteiger partial charge < -0.3 is 10.6 Å². The van der Waals surface area contributed by atoms with Crippen LogP contribution in [0.3, 0.4) is 0 Å². The van der Waals surface area contributed by atoms with Gasteiger partial charge in [0.1, 0.15) is 6.04 Å². The van der Waals surface area contributed by atoms with Gasteiger partial charge in [-0.25, -0.2) is 4.68 Å². The van der Waals surface area contributed by atoms with Gasteiger partial charge in [-0.2, -0.15) is 4.98 Å². The molecule has 0 radical (unpaired) electrons. The highest BCUT2D eigenvalue weighted by molar-refractivity contribution is 7.98. The molecule has 1 aliphatic rings. The van der Waals surface area contributed by atoms with Gasteiger partial charge in [0.05, 0.1) is 5.57 Å². The molecule has 0 saturated carbocycles.